The number of rotatable bonds is 4. The van der Waals surface area contributed by atoms with E-state index >= 15 is 0 Å². The van der Waals surface area contributed by atoms with E-state index in [0.29, 0.717) is 32.7 Å². The molecule has 3 rings (SSSR count). The molecule has 1 heterocycles. The number of urea groups is 2. The highest BCUT2D eigenvalue weighted by atomic mass is 16.2. The van der Waals surface area contributed by atoms with Crippen molar-refractivity contribution in [2.75, 3.05) is 37.6 Å². The highest BCUT2D eigenvalue weighted by molar-refractivity contribution is 5.99. The van der Waals surface area contributed by atoms with Crippen molar-refractivity contribution in [3.05, 3.63) is 60.7 Å². The van der Waals surface area contributed by atoms with Crippen molar-refractivity contribution in [2.45, 2.75) is 19.8 Å². The zero-order valence-electron chi connectivity index (χ0n) is 16.4. The quantitative estimate of drug-likeness (QED) is 0.869. The van der Waals surface area contributed by atoms with Crippen molar-refractivity contribution < 1.29 is 9.59 Å². The second kappa shape index (κ2) is 9.78. The molecule has 0 unspecified atom stereocenters. The van der Waals surface area contributed by atoms with E-state index in [1.807, 2.05) is 72.5 Å². The topological polar surface area (TPSA) is 55.9 Å². The largest absolute Gasteiger partial charge is 0.338 e. The van der Waals surface area contributed by atoms with Gasteiger partial charge < -0.3 is 15.1 Å². The molecule has 0 aromatic heterocycles. The summed E-state index contributed by atoms with van der Waals surface area (Å²) in [7, 11) is 0. The van der Waals surface area contributed by atoms with Crippen molar-refractivity contribution in [2.24, 2.45) is 0 Å². The van der Waals surface area contributed by atoms with Gasteiger partial charge in [-0.05, 0) is 37.1 Å². The Morgan fingerprint density at radius 1 is 0.857 bits per heavy atom. The SMILES string of the molecule is CCCNC(=O)N1CCCN(C(=O)N(c2ccccc2)c2ccccc2)CC1. The standard InChI is InChI=1S/C22H28N4O2/c1-2-14-23-21(27)24-15-9-16-25(18-17-24)22(28)26(19-10-5-3-6-11-19)20-12-7-4-8-13-20/h3-8,10-13H,2,9,14-18H2,1H3,(H,23,27). The lowest BCUT2D eigenvalue weighted by Crippen LogP contribution is -2.45. The van der Waals surface area contributed by atoms with Crippen LogP contribution < -0.4 is 10.2 Å². The fourth-order valence-corrected chi connectivity index (χ4v) is 3.32. The maximum Gasteiger partial charge on any atom is 0.329 e. The Balaban J connectivity index is 1.75. The highest BCUT2D eigenvalue weighted by Crippen LogP contribution is 2.26. The summed E-state index contributed by atoms with van der Waals surface area (Å²) in [5.41, 5.74) is 1.67. The molecule has 0 spiro atoms. The molecule has 2 aromatic carbocycles. The lowest BCUT2D eigenvalue weighted by molar-refractivity contribution is 0.195. The predicted molar refractivity (Wildman–Crippen MR) is 112 cm³/mol. The van der Waals surface area contributed by atoms with Gasteiger partial charge in [-0.3, -0.25) is 4.90 Å². The van der Waals surface area contributed by atoms with Gasteiger partial charge in [-0.25, -0.2) is 9.59 Å². The predicted octanol–water partition coefficient (Wildman–Crippen LogP) is 4.07. The van der Waals surface area contributed by atoms with Gasteiger partial charge in [-0.1, -0.05) is 43.3 Å². The summed E-state index contributed by atoms with van der Waals surface area (Å²) in [6.07, 6.45) is 1.68. The molecule has 1 aliphatic heterocycles. The third-order valence-corrected chi connectivity index (χ3v) is 4.80. The van der Waals surface area contributed by atoms with Gasteiger partial charge in [0.05, 0.1) is 11.4 Å². The van der Waals surface area contributed by atoms with E-state index in [4.69, 9.17) is 0 Å². The minimum Gasteiger partial charge on any atom is -0.338 e. The summed E-state index contributed by atoms with van der Waals surface area (Å²) in [6, 6.07) is 19.3. The molecule has 0 bridgehead atoms. The molecule has 1 fully saturated rings. The third-order valence-electron chi connectivity index (χ3n) is 4.80. The number of anilines is 2. The molecule has 0 atom stereocenters. The molecule has 1 N–H and O–H groups in total. The number of nitrogens with one attached hydrogen (secondary N) is 1. The van der Waals surface area contributed by atoms with Crippen LogP contribution in [0.4, 0.5) is 21.0 Å². The highest BCUT2D eigenvalue weighted by Gasteiger charge is 2.27. The Morgan fingerprint density at radius 2 is 1.39 bits per heavy atom. The molecule has 0 saturated carbocycles. The van der Waals surface area contributed by atoms with Crippen molar-refractivity contribution in [1.29, 1.82) is 0 Å². The second-order valence-corrected chi connectivity index (χ2v) is 6.85. The van der Waals surface area contributed by atoms with Crippen LogP contribution in [0.2, 0.25) is 0 Å². The maximum atomic E-state index is 13.4. The molecule has 2 aromatic rings. The Hall–Kier alpha value is -3.02. The lowest BCUT2D eigenvalue weighted by atomic mass is 10.2. The Bertz CT molecular complexity index is 727. The van der Waals surface area contributed by atoms with Gasteiger partial charge in [0.2, 0.25) is 0 Å². The minimum absolute atomic E-state index is 0.0425. The van der Waals surface area contributed by atoms with Crippen LogP contribution in [0, 0.1) is 0 Å². The molecule has 28 heavy (non-hydrogen) atoms. The summed E-state index contributed by atoms with van der Waals surface area (Å²) >= 11 is 0. The van der Waals surface area contributed by atoms with Crippen LogP contribution in [0.25, 0.3) is 0 Å². The fourth-order valence-electron chi connectivity index (χ4n) is 3.32. The van der Waals surface area contributed by atoms with Crippen LogP contribution in [0.15, 0.2) is 60.7 Å². The minimum atomic E-state index is -0.0618. The number of hydrogen-bond acceptors (Lipinski definition) is 2. The van der Waals surface area contributed by atoms with Gasteiger partial charge in [0.15, 0.2) is 0 Å². The maximum absolute atomic E-state index is 13.4. The van der Waals surface area contributed by atoms with E-state index in [0.717, 1.165) is 24.2 Å². The average molecular weight is 380 g/mol. The van der Waals surface area contributed by atoms with Crippen molar-refractivity contribution in [3.8, 4) is 0 Å². The number of carbonyl (C=O) groups is 2. The molecule has 6 nitrogen and oxygen atoms in total. The molecule has 6 heteroatoms. The molecule has 148 valence electrons. The van der Waals surface area contributed by atoms with Crippen LogP contribution in [-0.4, -0.2) is 54.6 Å². The van der Waals surface area contributed by atoms with Crippen molar-refractivity contribution in [3.63, 3.8) is 0 Å². The average Bonchev–Trinajstić information content (AvgIpc) is 3.00. The van der Waals surface area contributed by atoms with E-state index in [9.17, 15) is 9.59 Å². The smallest absolute Gasteiger partial charge is 0.329 e. The second-order valence-electron chi connectivity index (χ2n) is 6.85. The number of carbonyl (C=O) groups excluding carboxylic acids is 2. The molecular formula is C22H28N4O2. The van der Waals surface area contributed by atoms with E-state index in [-0.39, 0.29) is 12.1 Å². The van der Waals surface area contributed by atoms with E-state index in [1.54, 1.807) is 9.80 Å². The Kier molecular flexibility index (Phi) is 6.89. The normalized spacial score (nSPS) is 14.3. The number of amides is 4. The fraction of sp³-hybridized carbons (Fsp3) is 0.364. The van der Waals surface area contributed by atoms with Gasteiger partial charge in [0.1, 0.15) is 0 Å². The first-order chi connectivity index (χ1) is 13.7. The van der Waals surface area contributed by atoms with Crippen LogP contribution in [0.3, 0.4) is 0 Å². The summed E-state index contributed by atoms with van der Waals surface area (Å²) in [5, 5.41) is 2.92. The summed E-state index contributed by atoms with van der Waals surface area (Å²) in [6.45, 7) is 5.06. The molecule has 0 radical (unpaired) electrons. The summed E-state index contributed by atoms with van der Waals surface area (Å²) < 4.78 is 0. The van der Waals surface area contributed by atoms with Gasteiger partial charge >= 0.3 is 12.1 Å². The summed E-state index contributed by atoms with van der Waals surface area (Å²) in [4.78, 5) is 31.1. The van der Waals surface area contributed by atoms with Crippen molar-refractivity contribution in [1.82, 2.24) is 15.1 Å². The van der Waals surface area contributed by atoms with E-state index in [2.05, 4.69) is 5.32 Å². The van der Waals surface area contributed by atoms with Crippen LogP contribution in [-0.2, 0) is 0 Å². The van der Waals surface area contributed by atoms with Gasteiger partial charge in [-0.2, -0.15) is 0 Å². The van der Waals surface area contributed by atoms with Crippen LogP contribution in [0.1, 0.15) is 19.8 Å². The number of nitrogens with zero attached hydrogens (tertiary/aromatic N) is 3. The molecular weight excluding hydrogens is 352 g/mol. The molecule has 1 saturated heterocycles. The first-order valence-corrected chi connectivity index (χ1v) is 9.92. The lowest BCUT2D eigenvalue weighted by Gasteiger charge is -2.30. The molecule has 4 amide bonds. The van der Waals surface area contributed by atoms with Gasteiger partial charge in [0, 0.05) is 32.7 Å². The third kappa shape index (κ3) is 4.82. The first-order valence-electron chi connectivity index (χ1n) is 9.92. The molecule has 1 aliphatic rings. The van der Waals surface area contributed by atoms with E-state index in [1.165, 1.54) is 0 Å². The number of benzene rings is 2. The van der Waals surface area contributed by atoms with E-state index < -0.39 is 0 Å². The van der Waals surface area contributed by atoms with Crippen LogP contribution in [0.5, 0.6) is 0 Å². The molecule has 0 aliphatic carbocycles. The number of para-hydroxylation sites is 2. The zero-order valence-corrected chi connectivity index (χ0v) is 16.4. The monoisotopic (exact) mass is 380 g/mol. The summed E-state index contributed by atoms with van der Waals surface area (Å²) in [5.74, 6) is 0. The first kappa shape index (κ1) is 19.7. The number of hydrogen-bond donors (Lipinski definition) is 1. The Labute approximate surface area is 166 Å². The van der Waals surface area contributed by atoms with Crippen molar-refractivity contribution >= 4 is 23.4 Å². The Morgan fingerprint density at radius 3 is 1.96 bits per heavy atom. The van der Waals surface area contributed by atoms with Gasteiger partial charge in [-0.15, -0.1) is 0 Å². The van der Waals surface area contributed by atoms with Crippen LogP contribution >= 0.6 is 0 Å². The van der Waals surface area contributed by atoms with Gasteiger partial charge in [0.25, 0.3) is 0 Å². The zero-order chi connectivity index (χ0) is 19.8.